The fraction of sp³-hybridized carbons (Fsp3) is 0.562. The van der Waals surface area contributed by atoms with Crippen LogP contribution in [0.1, 0.15) is 24.2 Å². The third-order valence-corrected chi connectivity index (χ3v) is 3.61. The van der Waals surface area contributed by atoms with Gasteiger partial charge < -0.3 is 15.2 Å². The van der Waals surface area contributed by atoms with Crippen molar-refractivity contribution in [2.75, 3.05) is 20.1 Å². The molecule has 7 heteroatoms. The lowest BCUT2D eigenvalue weighted by Gasteiger charge is -2.12. The minimum absolute atomic E-state index is 0.851. The van der Waals surface area contributed by atoms with Crippen LogP contribution in [-0.2, 0) is 13.1 Å². The monoisotopic (exact) mass is 317 g/mol. The summed E-state index contributed by atoms with van der Waals surface area (Å²) in [4.78, 5) is 8.28. The smallest absolute Gasteiger partial charge is 0.190 e. The SMILES string of the molecule is CN=C(NCCCn1ccnc1)NCCCn1nc(C)cc1C. The molecule has 0 unspecified atom stereocenters. The van der Waals surface area contributed by atoms with Gasteiger partial charge in [0.15, 0.2) is 5.96 Å². The number of hydrogen-bond acceptors (Lipinski definition) is 3. The van der Waals surface area contributed by atoms with Crippen LogP contribution in [0.4, 0.5) is 0 Å². The summed E-state index contributed by atoms with van der Waals surface area (Å²) in [7, 11) is 1.80. The van der Waals surface area contributed by atoms with Crippen molar-refractivity contribution in [3.05, 3.63) is 36.2 Å². The van der Waals surface area contributed by atoms with Crippen LogP contribution in [0, 0.1) is 13.8 Å². The Bertz CT molecular complexity index is 598. The fourth-order valence-corrected chi connectivity index (χ4v) is 2.44. The van der Waals surface area contributed by atoms with Crippen LogP contribution in [0.5, 0.6) is 0 Å². The summed E-state index contributed by atoms with van der Waals surface area (Å²) in [5, 5.41) is 11.1. The Morgan fingerprint density at radius 2 is 1.91 bits per heavy atom. The molecule has 7 nitrogen and oxygen atoms in total. The van der Waals surface area contributed by atoms with E-state index in [0.717, 1.165) is 50.7 Å². The van der Waals surface area contributed by atoms with Crippen molar-refractivity contribution < 1.29 is 0 Å². The van der Waals surface area contributed by atoms with Crippen molar-refractivity contribution in [3.63, 3.8) is 0 Å². The van der Waals surface area contributed by atoms with Crippen LogP contribution >= 0.6 is 0 Å². The van der Waals surface area contributed by atoms with Crippen molar-refractivity contribution in [2.24, 2.45) is 4.99 Å². The van der Waals surface area contributed by atoms with Crippen LogP contribution in [0.25, 0.3) is 0 Å². The lowest BCUT2D eigenvalue weighted by atomic mass is 10.4. The van der Waals surface area contributed by atoms with Gasteiger partial charge in [-0.3, -0.25) is 9.67 Å². The number of nitrogens with one attached hydrogen (secondary N) is 2. The minimum Gasteiger partial charge on any atom is -0.356 e. The van der Waals surface area contributed by atoms with E-state index in [1.807, 2.05) is 19.4 Å². The third kappa shape index (κ3) is 5.77. The largest absolute Gasteiger partial charge is 0.356 e. The van der Waals surface area contributed by atoms with E-state index < -0.39 is 0 Å². The fourth-order valence-electron chi connectivity index (χ4n) is 2.44. The minimum atomic E-state index is 0.851. The van der Waals surface area contributed by atoms with Crippen LogP contribution in [-0.4, -0.2) is 45.4 Å². The van der Waals surface area contributed by atoms with E-state index in [2.05, 4.69) is 47.9 Å². The first-order valence-corrected chi connectivity index (χ1v) is 8.10. The molecule has 2 heterocycles. The number of aliphatic imine (C=N–C) groups is 1. The lowest BCUT2D eigenvalue weighted by Crippen LogP contribution is -2.38. The van der Waals surface area contributed by atoms with Gasteiger partial charge in [0.25, 0.3) is 0 Å². The molecule has 2 rings (SSSR count). The first kappa shape index (κ1) is 17.1. The van der Waals surface area contributed by atoms with E-state index in [9.17, 15) is 0 Å². The summed E-state index contributed by atoms with van der Waals surface area (Å²) in [6, 6.07) is 2.11. The van der Waals surface area contributed by atoms with Crippen LogP contribution in [0.3, 0.4) is 0 Å². The van der Waals surface area contributed by atoms with Crippen molar-refractivity contribution in [1.29, 1.82) is 0 Å². The molecule has 0 saturated heterocycles. The Hall–Kier alpha value is -2.31. The molecule has 0 radical (unpaired) electrons. The zero-order chi connectivity index (χ0) is 16.5. The lowest BCUT2D eigenvalue weighted by molar-refractivity contribution is 0.554. The average molecular weight is 317 g/mol. The Labute approximate surface area is 137 Å². The Morgan fingerprint density at radius 3 is 2.48 bits per heavy atom. The standard InChI is InChI=1S/C16H27N7/c1-14-12-15(2)23(21-14)10-5-7-20-16(17-3)19-6-4-9-22-11-8-18-13-22/h8,11-13H,4-7,9-10H2,1-3H3,(H2,17,19,20). The number of nitrogens with zero attached hydrogens (tertiary/aromatic N) is 5. The molecule has 2 aromatic heterocycles. The molecule has 0 aliphatic carbocycles. The van der Waals surface area contributed by atoms with Crippen molar-refractivity contribution >= 4 is 5.96 Å². The first-order chi connectivity index (χ1) is 11.2. The predicted octanol–water partition coefficient (Wildman–Crippen LogP) is 1.34. The summed E-state index contributed by atoms with van der Waals surface area (Å²) < 4.78 is 4.13. The molecule has 2 N–H and O–H groups in total. The maximum absolute atomic E-state index is 4.47. The second-order valence-electron chi connectivity index (χ2n) is 5.58. The Morgan fingerprint density at radius 1 is 1.17 bits per heavy atom. The molecule has 126 valence electrons. The Kier molecular flexibility index (Phi) is 6.65. The first-order valence-electron chi connectivity index (χ1n) is 8.10. The molecule has 23 heavy (non-hydrogen) atoms. The van der Waals surface area contributed by atoms with E-state index in [0.29, 0.717) is 0 Å². The van der Waals surface area contributed by atoms with Gasteiger partial charge in [-0.15, -0.1) is 0 Å². The average Bonchev–Trinajstić information content (AvgIpc) is 3.15. The number of rotatable bonds is 8. The molecule has 0 aliphatic heterocycles. The highest BCUT2D eigenvalue weighted by Gasteiger charge is 2.01. The number of aromatic nitrogens is 4. The van der Waals surface area contributed by atoms with Crippen LogP contribution in [0.2, 0.25) is 0 Å². The van der Waals surface area contributed by atoms with Gasteiger partial charge in [0.05, 0.1) is 12.0 Å². The molecule has 0 saturated carbocycles. The topological polar surface area (TPSA) is 72.1 Å². The van der Waals surface area contributed by atoms with Gasteiger partial charge >= 0.3 is 0 Å². The normalized spacial score (nSPS) is 11.7. The van der Waals surface area contributed by atoms with Gasteiger partial charge in [-0.05, 0) is 32.8 Å². The Balaban J connectivity index is 1.58. The van der Waals surface area contributed by atoms with Gasteiger partial charge in [0, 0.05) is 51.3 Å². The maximum atomic E-state index is 4.47. The molecule has 0 amide bonds. The van der Waals surface area contributed by atoms with Gasteiger partial charge in [0.1, 0.15) is 0 Å². The van der Waals surface area contributed by atoms with Crippen LogP contribution in [0.15, 0.2) is 29.8 Å². The second kappa shape index (κ2) is 8.97. The molecule has 2 aromatic rings. The molecule has 0 spiro atoms. The third-order valence-electron chi connectivity index (χ3n) is 3.61. The van der Waals surface area contributed by atoms with Gasteiger partial charge in [-0.2, -0.15) is 5.10 Å². The number of aryl methyl sites for hydroxylation is 4. The molecule has 0 aliphatic rings. The molecular weight excluding hydrogens is 290 g/mol. The summed E-state index contributed by atoms with van der Waals surface area (Å²) in [5.41, 5.74) is 2.29. The number of imidazole rings is 1. The maximum Gasteiger partial charge on any atom is 0.190 e. The van der Waals surface area contributed by atoms with E-state index in [4.69, 9.17) is 0 Å². The summed E-state index contributed by atoms with van der Waals surface area (Å²) in [6.07, 6.45) is 7.66. The quantitative estimate of drug-likeness (QED) is 0.438. The molecular formula is C16H27N7. The molecule has 0 aromatic carbocycles. The number of guanidine groups is 1. The van der Waals surface area contributed by atoms with Gasteiger partial charge in [-0.1, -0.05) is 0 Å². The summed E-state index contributed by atoms with van der Waals surface area (Å²) in [6.45, 7) is 7.76. The van der Waals surface area contributed by atoms with E-state index in [1.54, 1.807) is 13.2 Å². The highest BCUT2D eigenvalue weighted by Crippen LogP contribution is 2.02. The summed E-state index contributed by atoms with van der Waals surface area (Å²) >= 11 is 0. The molecule has 0 bridgehead atoms. The van der Waals surface area contributed by atoms with Gasteiger partial charge in [-0.25, -0.2) is 4.98 Å². The molecule has 0 fully saturated rings. The van der Waals surface area contributed by atoms with E-state index >= 15 is 0 Å². The van der Waals surface area contributed by atoms with E-state index in [-0.39, 0.29) is 0 Å². The van der Waals surface area contributed by atoms with Crippen molar-refractivity contribution in [3.8, 4) is 0 Å². The van der Waals surface area contributed by atoms with Crippen molar-refractivity contribution in [2.45, 2.75) is 39.8 Å². The van der Waals surface area contributed by atoms with Gasteiger partial charge in [0.2, 0.25) is 0 Å². The number of hydrogen-bond donors (Lipinski definition) is 2. The highest BCUT2D eigenvalue weighted by molar-refractivity contribution is 5.79. The van der Waals surface area contributed by atoms with Crippen LogP contribution < -0.4 is 10.6 Å². The summed E-state index contributed by atoms with van der Waals surface area (Å²) in [5.74, 6) is 0.851. The zero-order valence-electron chi connectivity index (χ0n) is 14.3. The molecule has 0 atom stereocenters. The zero-order valence-corrected chi connectivity index (χ0v) is 14.3. The highest BCUT2D eigenvalue weighted by atomic mass is 15.3. The van der Waals surface area contributed by atoms with E-state index in [1.165, 1.54) is 5.69 Å². The van der Waals surface area contributed by atoms with Crippen molar-refractivity contribution in [1.82, 2.24) is 30.0 Å². The predicted molar refractivity (Wildman–Crippen MR) is 92.5 cm³/mol. The second-order valence-corrected chi connectivity index (χ2v) is 5.58.